The van der Waals surface area contributed by atoms with E-state index in [9.17, 15) is 19.8 Å². The number of rotatable bonds is 3. The molecule has 0 atom stereocenters. The molecule has 0 aliphatic rings. The third-order valence-electron chi connectivity index (χ3n) is 3.54. The molecule has 0 saturated heterocycles. The van der Waals surface area contributed by atoms with Crippen LogP contribution in [0.1, 0.15) is 26.3 Å². The molecule has 0 saturated carbocycles. The smallest absolute Gasteiger partial charge is 0.336 e. The second-order valence-electron chi connectivity index (χ2n) is 4.86. The minimum Gasteiger partial charge on any atom is -0.507 e. The fourth-order valence-corrected chi connectivity index (χ4v) is 2.49. The zero-order valence-corrected chi connectivity index (χ0v) is 11.5. The molecule has 0 bridgehead atoms. The monoisotopic (exact) mass is 292 g/mol. The van der Waals surface area contributed by atoms with Gasteiger partial charge in [0.2, 0.25) is 0 Å². The van der Waals surface area contributed by atoms with Gasteiger partial charge in [-0.2, -0.15) is 0 Å². The van der Waals surface area contributed by atoms with Crippen LogP contribution in [-0.2, 0) is 0 Å². The Labute approximate surface area is 126 Å². The molecule has 2 N–H and O–H groups in total. The van der Waals surface area contributed by atoms with Gasteiger partial charge in [-0.15, -0.1) is 0 Å². The molecule has 22 heavy (non-hydrogen) atoms. The van der Waals surface area contributed by atoms with E-state index in [1.807, 2.05) is 12.1 Å². The Bertz CT molecular complexity index is 896. The third kappa shape index (κ3) is 2.20. The number of benzene rings is 3. The number of carbonyl (C=O) groups excluding carboxylic acids is 1. The van der Waals surface area contributed by atoms with Crippen LogP contribution in [0, 0.1) is 0 Å². The van der Waals surface area contributed by atoms with Crippen molar-refractivity contribution < 1.29 is 19.8 Å². The van der Waals surface area contributed by atoms with Crippen molar-refractivity contribution in [1.82, 2.24) is 0 Å². The first kappa shape index (κ1) is 13.8. The lowest BCUT2D eigenvalue weighted by Gasteiger charge is -2.10. The highest BCUT2D eigenvalue weighted by Gasteiger charge is 2.22. The number of carboxylic acid groups (broad SMARTS) is 1. The molecule has 0 heterocycles. The molecular weight excluding hydrogens is 280 g/mol. The Morgan fingerprint density at radius 2 is 1.45 bits per heavy atom. The number of carbonyl (C=O) groups is 2. The van der Waals surface area contributed by atoms with Crippen LogP contribution in [-0.4, -0.2) is 22.0 Å². The second kappa shape index (κ2) is 5.33. The summed E-state index contributed by atoms with van der Waals surface area (Å²) in [4.78, 5) is 24.3. The predicted molar refractivity (Wildman–Crippen MR) is 82.4 cm³/mol. The maximum Gasteiger partial charge on any atom is 0.336 e. The zero-order valence-electron chi connectivity index (χ0n) is 11.5. The fourth-order valence-electron chi connectivity index (χ4n) is 2.49. The van der Waals surface area contributed by atoms with E-state index >= 15 is 0 Å². The van der Waals surface area contributed by atoms with Crippen molar-refractivity contribution in [3.05, 3.63) is 77.4 Å². The molecule has 3 aromatic rings. The fraction of sp³-hybridized carbons (Fsp3) is 0. The lowest BCUT2D eigenvalue weighted by Crippen LogP contribution is -2.10. The summed E-state index contributed by atoms with van der Waals surface area (Å²) < 4.78 is 0. The first-order valence-electron chi connectivity index (χ1n) is 6.67. The van der Waals surface area contributed by atoms with Gasteiger partial charge in [-0.1, -0.05) is 42.5 Å². The maximum atomic E-state index is 12.8. The van der Waals surface area contributed by atoms with Crippen molar-refractivity contribution in [3.8, 4) is 5.75 Å². The third-order valence-corrected chi connectivity index (χ3v) is 3.54. The highest BCUT2D eigenvalue weighted by molar-refractivity contribution is 6.22. The van der Waals surface area contributed by atoms with Gasteiger partial charge in [0.15, 0.2) is 5.78 Å². The summed E-state index contributed by atoms with van der Waals surface area (Å²) in [6.45, 7) is 0. The maximum absolute atomic E-state index is 12.8. The normalized spacial score (nSPS) is 10.5. The highest BCUT2D eigenvalue weighted by Crippen LogP contribution is 2.28. The average Bonchev–Trinajstić information content (AvgIpc) is 2.53. The van der Waals surface area contributed by atoms with Gasteiger partial charge < -0.3 is 10.2 Å². The van der Waals surface area contributed by atoms with Crippen LogP contribution in [0.4, 0.5) is 0 Å². The van der Waals surface area contributed by atoms with E-state index in [0.29, 0.717) is 5.39 Å². The molecular formula is C18H12O4. The van der Waals surface area contributed by atoms with Gasteiger partial charge in [0.1, 0.15) is 5.75 Å². The number of fused-ring (bicyclic) bond motifs is 1. The van der Waals surface area contributed by atoms with Crippen molar-refractivity contribution in [2.75, 3.05) is 0 Å². The van der Waals surface area contributed by atoms with E-state index < -0.39 is 11.8 Å². The largest absolute Gasteiger partial charge is 0.507 e. The van der Waals surface area contributed by atoms with Crippen LogP contribution in [0.2, 0.25) is 0 Å². The van der Waals surface area contributed by atoms with Crippen LogP contribution in [0.15, 0.2) is 60.7 Å². The summed E-state index contributed by atoms with van der Waals surface area (Å²) in [7, 11) is 0. The Morgan fingerprint density at radius 1 is 0.773 bits per heavy atom. The molecule has 0 unspecified atom stereocenters. The highest BCUT2D eigenvalue weighted by atomic mass is 16.4. The van der Waals surface area contributed by atoms with Gasteiger partial charge in [-0.05, 0) is 29.0 Å². The number of para-hydroxylation sites is 1. The Balaban J connectivity index is 2.33. The van der Waals surface area contributed by atoms with Crippen LogP contribution in [0.3, 0.4) is 0 Å². The average molecular weight is 292 g/mol. The Hall–Kier alpha value is -3.14. The number of hydrogen-bond acceptors (Lipinski definition) is 3. The molecule has 0 spiro atoms. The van der Waals surface area contributed by atoms with Crippen LogP contribution < -0.4 is 0 Å². The number of phenolic OH excluding ortho intramolecular Hbond substituents is 1. The van der Waals surface area contributed by atoms with Crippen molar-refractivity contribution in [2.24, 2.45) is 0 Å². The summed E-state index contributed by atoms with van der Waals surface area (Å²) in [6, 6.07) is 16.3. The summed E-state index contributed by atoms with van der Waals surface area (Å²) in [5, 5.41) is 20.6. The number of ketones is 1. The molecule has 0 aliphatic carbocycles. The Kier molecular flexibility index (Phi) is 3.35. The molecule has 3 rings (SSSR count). The van der Waals surface area contributed by atoms with E-state index in [-0.39, 0.29) is 22.4 Å². The number of aromatic hydroxyl groups is 1. The molecule has 0 aromatic heterocycles. The van der Waals surface area contributed by atoms with Crippen molar-refractivity contribution in [3.63, 3.8) is 0 Å². The lowest BCUT2D eigenvalue weighted by molar-refractivity contribution is 0.0693. The van der Waals surface area contributed by atoms with E-state index in [4.69, 9.17) is 0 Å². The molecule has 3 aromatic carbocycles. The van der Waals surface area contributed by atoms with Gasteiger partial charge in [-0.3, -0.25) is 4.79 Å². The molecule has 4 heteroatoms. The lowest BCUT2D eigenvalue weighted by atomic mass is 9.92. The Morgan fingerprint density at radius 3 is 2.18 bits per heavy atom. The summed E-state index contributed by atoms with van der Waals surface area (Å²) in [5.41, 5.74) is 0.0976. The second-order valence-corrected chi connectivity index (χ2v) is 4.86. The molecule has 0 radical (unpaired) electrons. The molecule has 4 nitrogen and oxygen atoms in total. The van der Waals surface area contributed by atoms with E-state index in [1.165, 1.54) is 18.2 Å². The van der Waals surface area contributed by atoms with Gasteiger partial charge in [-0.25, -0.2) is 4.79 Å². The van der Waals surface area contributed by atoms with E-state index in [1.54, 1.807) is 30.3 Å². The van der Waals surface area contributed by atoms with Gasteiger partial charge in [0.05, 0.1) is 11.1 Å². The minimum absolute atomic E-state index is 0.0769. The standard InChI is InChI=1S/C18H12O4/c19-15-8-4-3-7-13(15)17(20)16-12-6-2-1-5-11(12)9-10-14(16)18(21)22/h1-10,19H,(H,21,22). The molecule has 0 fully saturated rings. The van der Waals surface area contributed by atoms with Gasteiger partial charge in [0, 0.05) is 5.56 Å². The van der Waals surface area contributed by atoms with E-state index in [2.05, 4.69) is 0 Å². The number of aromatic carboxylic acids is 1. The first-order valence-corrected chi connectivity index (χ1v) is 6.67. The van der Waals surface area contributed by atoms with Crippen molar-refractivity contribution >= 4 is 22.5 Å². The van der Waals surface area contributed by atoms with Crippen LogP contribution in [0.5, 0.6) is 5.75 Å². The summed E-state index contributed by atoms with van der Waals surface area (Å²) >= 11 is 0. The van der Waals surface area contributed by atoms with Crippen molar-refractivity contribution in [2.45, 2.75) is 0 Å². The molecule has 108 valence electrons. The zero-order chi connectivity index (χ0) is 15.7. The number of hydrogen-bond donors (Lipinski definition) is 2. The SMILES string of the molecule is O=C(O)c1ccc2ccccc2c1C(=O)c1ccccc1O. The van der Waals surface area contributed by atoms with Crippen molar-refractivity contribution in [1.29, 1.82) is 0 Å². The van der Waals surface area contributed by atoms with Gasteiger partial charge >= 0.3 is 5.97 Å². The minimum atomic E-state index is -1.18. The van der Waals surface area contributed by atoms with E-state index in [0.717, 1.165) is 5.39 Å². The molecule has 0 aliphatic heterocycles. The summed E-state index contributed by atoms with van der Waals surface area (Å²) in [6.07, 6.45) is 0. The first-order chi connectivity index (χ1) is 10.6. The van der Waals surface area contributed by atoms with Crippen LogP contribution in [0.25, 0.3) is 10.8 Å². The molecule has 0 amide bonds. The number of phenols is 1. The van der Waals surface area contributed by atoms with Gasteiger partial charge in [0.25, 0.3) is 0 Å². The quantitative estimate of drug-likeness (QED) is 0.725. The van der Waals surface area contributed by atoms with Crippen LogP contribution >= 0.6 is 0 Å². The predicted octanol–water partition coefficient (Wildman–Crippen LogP) is 3.47. The topological polar surface area (TPSA) is 74.6 Å². The summed E-state index contributed by atoms with van der Waals surface area (Å²) in [5.74, 6) is -1.85. The number of carboxylic acids is 1.